The highest BCUT2D eigenvalue weighted by atomic mass is 32.2. The molecule has 0 fully saturated rings. The summed E-state index contributed by atoms with van der Waals surface area (Å²) in [4.78, 5) is 16.6. The molecule has 0 spiro atoms. The predicted octanol–water partition coefficient (Wildman–Crippen LogP) is 2.04. The van der Waals surface area contributed by atoms with Gasteiger partial charge in [-0.2, -0.15) is 5.26 Å². The molecule has 8 nitrogen and oxygen atoms in total. The lowest BCUT2D eigenvalue weighted by Crippen LogP contribution is -2.23. The summed E-state index contributed by atoms with van der Waals surface area (Å²) in [5.74, 6) is 6.23. The van der Waals surface area contributed by atoms with E-state index in [1.54, 1.807) is 49.5 Å². The Kier molecular flexibility index (Phi) is 5.15. The third-order valence-corrected chi connectivity index (χ3v) is 4.53. The molecule has 3 rings (SSSR count). The van der Waals surface area contributed by atoms with E-state index in [0.29, 0.717) is 27.9 Å². The zero-order valence-corrected chi connectivity index (χ0v) is 14.6. The van der Waals surface area contributed by atoms with Crippen LogP contribution in [0.15, 0.2) is 53.8 Å². The molecule has 0 aliphatic rings. The molecule has 3 aromatic rings. The van der Waals surface area contributed by atoms with Crippen molar-refractivity contribution in [2.75, 3.05) is 11.2 Å². The molecular formula is C17H15N7OS. The van der Waals surface area contributed by atoms with Gasteiger partial charge in [0.2, 0.25) is 16.9 Å². The summed E-state index contributed by atoms with van der Waals surface area (Å²) in [6.07, 6.45) is 1.64. The van der Waals surface area contributed by atoms with Gasteiger partial charge < -0.3 is 11.2 Å². The Bertz CT molecular complexity index is 965. The first-order valence-corrected chi connectivity index (χ1v) is 8.56. The topological polar surface area (TPSA) is 123 Å². The number of carbonyl (C=O) groups is 1. The number of carbonyl (C=O) groups excluding carboxylic acids is 1. The Balaban J connectivity index is 1.70. The van der Waals surface area contributed by atoms with E-state index in [-0.39, 0.29) is 5.91 Å². The minimum Gasteiger partial charge on any atom is -0.335 e. The Morgan fingerprint density at radius 2 is 2.15 bits per heavy atom. The maximum absolute atomic E-state index is 12.4. The van der Waals surface area contributed by atoms with E-state index >= 15 is 0 Å². The molecule has 2 aromatic heterocycles. The van der Waals surface area contributed by atoms with Crippen LogP contribution < -0.4 is 11.2 Å². The standard InChI is InChI=1S/C17H15N7OS/c1-11(16(25)21-13-6-4-5-12(9-13)10-18)26-17-23-22-15(24(17)19)14-7-2-3-8-20-14/h2-9,11H,19H2,1H3,(H,21,25). The van der Waals surface area contributed by atoms with Crippen molar-refractivity contribution in [3.63, 3.8) is 0 Å². The van der Waals surface area contributed by atoms with Crippen molar-refractivity contribution in [3.05, 3.63) is 54.2 Å². The summed E-state index contributed by atoms with van der Waals surface area (Å²) in [6, 6.07) is 14.2. The van der Waals surface area contributed by atoms with Crippen LogP contribution in [0.25, 0.3) is 11.5 Å². The zero-order chi connectivity index (χ0) is 18.5. The summed E-state index contributed by atoms with van der Waals surface area (Å²) >= 11 is 1.18. The number of nitrogen functional groups attached to an aromatic ring is 1. The number of hydrogen-bond donors (Lipinski definition) is 2. The maximum Gasteiger partial charge on any atom is 0.237 e. The number of aromatic nitrogens is 4. The van der Waals surface area contributed by atoms with Crippen LogP contribution in [-0.2, 0) is 4.79 Å². The summed E-state index contributed by atoms with van der Waals surface area (Å²) in [5.41, 5.74) is 1.63. The fourth-order valence-corrected chi connectivity index (χ4v) is 2.92. The molecule has 3 N–H and O–H groups in total. The lowest BCUT2D eigenvalue weighted by Gasteiger charge is -2.11. The average molecular weight is 365 g/mol. The van der Waals surface area contributed by atoms with E-state index in [1.807, 2.05) is 12.1 Å². The largest absolute Gasteiger partial charge is 0.335 e. The quantitative estimate of drug-likeness (QED) is 0.524. The highest BCUT2D eigenvalue weighted by molar-refractivity contribution is 8.00. The molecule has 1 unspecified atom stereocenters. The minimum absolute atomic E-state index is 0.229. The first kappa shape index (κ1) is 17.4. The van der Waals surface area contributed by atoms with Crippen molar-refractivity contribution in [1.82, 2.24) is 19.9 Å². The van der Waals surface area contributed by atoms with Crippen LogP contribution in [0.3, 0.4) is 0 Å². The molecule has 0 saturated carbocycles. The van der Waals surface area contributed by atoms with Crippen molar-refractivity contribution in [2.24, 2.45) is 0 Å². The van der Waals surface area contributed by atoms with Gasteiger partial charge in [-0.15, -0.1) is 10.2 Å². The van der Waals surface area contributed by atoms with E-state index in [0.717, 1.165) is 0 Å². The monoisotopic (exact) mass is 365 g/mol. The number of nitriles is 1. The van der Waals surface area contributed by atoms with Crippen LogP contribution in [0.4, 0.5) is 5.69 Å². The highest BCUT2D eigenvalue weighted by Crippen LogP contribution is 2.24. The van der Waals surface area contributed by atoms with Gasteiger partial charge in [-0.25, -0.2) is 4.68 Å². The minimum atomic E-state index is -0.469. The first-order chi connectivity index (χ1) is 12.6. The number of hydrogen-bond acceptors (Lipinski definition) is 7. The van der Waals surface area contributed by atoms with Crippen LogP contribution in [0.1, 0.15) is 12.5 Å². The third kappa shape index (κ3) is 3.81. The smallest absolute Gasteiger partial charge is 0.237 e. The summed E-state index contributed by atoms with van der Waals surface area (Å²) in [6.45, 7) is 1.74. The van der Waals surface area contributed by atoms with Crippen LogP contribution in [0.5, 0.6) is 0 Å². The normalized spacial score (nSPS) is 11.5. The summed E-state index contributed by atoms with van der Waals surface area (Å²) in [7, 11) is 0. The molecule has 2 heterocycles. The second-order valence-corrected chi connectivity index (χ2v) is 6.64. The molecule has 1 atom stereocenters. The number of nitrogens with one attached hydrogen (secondary N) is 1. The maximum atomic E-state index is 12.4. The number of nitrogens with zero attached hydrogens (tertiary/aromatic N) is 5. The van der Waals surface area contributed by atoms with Gasteiger partial charge in [0.1, 0.15) is 5.69 Å². The number of nitrogens with two attached hydrogens (primary N) is 1. The van der Waals surface area contributed by atoms with Crippen molar-refractivity contribution >= 4 is 23.4 Å². The van der Waals surface area contributed by atoms with Gasteiger partial charge in [0.25, 0.3) is 0 Å². The fourth-order valence-electron chi connectivity index (χ4n) is 2.15. The average Bonchev–Trinajstić information content (AvgIpc) is 3.03. The van der Waals surface area contributed by atoms with E-state index in [4.69, 9.17) is 11.1 Å². The Labute approximate surface area is 154 Å². The fraction of sp³-hybridized carbons (Fsp3) is 0.118. The number of rotatable bonds is 5. The molecule has 1 amide bonds. The second-order valence-electron chi connectivity index (χ2n) is 5.33. The molecule has 0 aliphatic heterocycles. The number of thioether (sulfide) groups is 1. The SMILES string of the molecule is CC(Sc1nnc(-c2ccccn2)n1N)C(=O)Nc1cccc(C#N)c1. The molecule has 0 radical (unpaired) electrons. The molecule has 26 heavy (non-hydrogen) atoms. The van der Waals surface area contributed by atoms with Crippen LogP contribution >= 0.6 is 11.8 Å². The second kappa shape index (κ2) is 7.67. The molecule has 9 heteroatoms. The highest BCUT2D eigenvalue weighted by Gasteiger charge is 2.20. The number of benzene rings is 1. The molecular weight excluding hydrogens is 350 g/mol. The lowest BCUT2D eigenvalue weighted by molar-refractivity contribution is -0.115. The molecule has 0 bridgehead atoms. The first-order valence-electron chi connectivity index (χ1n) is 7.68. The van der Waals surface area contributed by atoms with Crippen LogP contribution in [0, 0.1) is 11.3 Å². The van der Waals surface area contributed by atoms with Crippen LogP contribution in [0.2, 0.25) is 0 Å². The van der Waals surface area contributed by atoms with Gasteiger partial charge in [0.05, 0.1) is 16.9 Å². The van der Waals surface area contributed by atoms with Gasteiger partial charge in [-0.1, -0.05) is 23.9 Å². The molecule has 0 saturated heterocycles. The van der Waals surface area contributed by atoms with Crippen molar-refractivity contribution in [1.29, 1.82) is 5.26 Å². The molecule has 0 aliphatic carbocycles. The van der Waals surface area contributed by atoms with Gasteiger partial charge in [-0.05, 0) is 37.3 Å². The van der Waals surface area contributed by atoms with Gasteiger partial charge in [0.15, 0.2) is 0 Å². The van der Waals surface area contributed by atoms with Gasteiger partial charge in [0, 0.05) is 11.9 Å². The van der Waals surface area contributed by atoms with E-state index in [2.05, 4.69) is 20.5 Å². The van der Waals surface area contributed by atoms with Crippen molar-refractivity contribution in [2.45, 2.75) is 17.3 Å². The number of amides is 1. The van der Waals surface area contributed by atoms with E-state index in [1.165, 1.54) is 16.4 Å². The van der Waals surface area contributed by atoms with Crippen molar-refractivity contribution in [3.8, 4) is 17.6 Å². The van der Waals surface area contributed by atoms with E-state index < -0.39 is 5.25 Å². The van der Waals surface area contributed by atoms with Gasteiger partial charge >= 0.3 is 0 Å². The zero-order valence-electron chi connectivity index (χ0n) is 13.8. The van der Waals surface area contributed by atoms with E-state index in [9.17, 15) is 4.79 Å². The van der Waals surface area contributed by atoms with Gasteiger partial charge in [-0.3, -0.25) is 9.78 Å². The predicted molar refractivity (Wildman–Crippen MR) is 98.5 cm³/mol. The van der Waals surface area contributed by atoms with Crippen molar-refractivity contribution < 1.29 is 4.79 Å². The Hall–Kier alpha value is -3.38. The number of anilines is 1. The molecule has 130 valence electrons. The summed E-state index contributed by atoms with van der Waals surface area (Å²) in [5, 5.41) is 19.7. The lowest BCUT2D eigenvalue weighted by atomic mass is 10.2. The summed E-state index contributed by atoms with van der Waals surface area (Å²) < 4.78 is 1.31. The molecule has 1 aromatic carbocycles. The third-order valence-electron chi connectivity index (χ3n) is 3.47. The Morgan fingerprint density at radius 1 is 1.31 bits per heavy atom. The Morgan fingerprint density at radius 3 is 2.88 bits per heavy atom. The van der Waals surface area contributed by atoms with Crippen LogP contribution in [-0.4, -0.2) is 31.0 Å². The number of pyridine rings is 1.